The molecule has 0 aliphatic carbocycles. The molecule has 0 aliphatic rings. The van der Waals surface area contributed by atoms with Gasteiger partial charge in [0.15, 0.2) is 0 Å². The number of halogens is 7. The molecule has 0 spiro atoms. The van der Waals surface area contributed by atoms with E-state index in [-0.39, 0.29) is 0 Å². The van der Waals surface area contributed by atoms with Crippen LogP contribution in [-0.2, 0) is 4.79 Å². The number of rotatable bonds is 5. The number of benzene rings is 1. The molecule has 24 heavy (non-hydrogen) atoms. The van der Waals surface area contributed by atoms with Gasteiger partial charge < -0.3 is 4.90 Å². The molecular formula is C13H12F7N3O. The molecule has 1 aromatic carbocycles. The van der Waals surface area contributed by atoms with Gasteiger partial charge in [0.25, 0.3) is 0 Å². The Morgan fingerprint density at radius 3 is 1.96 bits per heavy atom. The Morgan fingerprint density at radius 2 is 1.54 bits per heavy atom. The third-order valence-electron chi connectivity index (χ3n) is 2.82. The van der Waals surface area contributed by atoms with Crippen molar-refractivity contribution in [1.29, 1.82) is 0 Å². The number of hydrogen-bond donors (Lipinski definition) is 1. The van der Waals surface area contributed by atoms with Crippen LogP contribution in [0.15, 0.2) is 29.4 Å². The van der Waals surface area contributed by atoms with E-state index in [1.165, 1.54) is 12.1 Å². The second-order valence-corrected chi connectivity index (χ2v) is 4.83. The number of carbonyl (C=O) groups is 1. The maximum Gasteiger partial charge on any atom is 0.460 e. The van der Waals surface area contributed by atoms with Crippen LogP contribution in [0.5, 0.6) is 0 Å². The summed E-state index contributed by atoms with van der Waals surface area (Å²) in [7, 11) is 3.51. The predicted octanol–water partition coefficient (Wildman–Crippen LogP) is 3.04. The Hall–Kier alpha value is -2.33. The molecule has 134 valence electrons. The van der Waals surface area contributed by atoms with Gasteiger partial charge in [0.2, 0.25) is 0 Å². The Kier molecular flexibility index (Phi) is 5.47. The summed E-state index contributed by atoms with van der Waals surface area (Å²) in [6, 6.07) is 6.14. The first-order valence-corrected chi connectivity index (χ1v) is 6.24. The van der Waals surface area contributed by atoms with Gasteiger partial charge in [-0.3, -0.25) is 4.79 Å². The lowest BCUT2D eigenvalue weighted by Gasteiger charge is -2.26. The zero-order valence-corrected chi connectivity index (χ0v) is 12.3. The molecular weight excluding hydrogens is 347 g/mol. The highest BCUT2D eigenvalue weighted by Gasteiger charge is 2.76. The number of carbonyl (C=O) groups excluding carboxylic acids is 1. The van der Waals surface area contributed by atoms with Gasteiger partial charge in [0.1, 0.15) is 0 Å². The van der Waals surface area contributed by atoms with Crippen molar-refractivity contribution in [3.05, 3.63) is 29.8 Å². The molecule has 1 aromatic rings. The number of nitrogens with one attached hydrogen (secondary N) is 1. The zero-order valence-electron chi connectivity index (χ0n) is 12.3. The van der Waals surface area contributed by atoms with Crippen molar-refractivity contribution in [2.24, 2.45) is 5.10 Å². The second-order valence-electron chi connectivity index (χ2n) is 4.83. The van der Waals surface area contributed by atoms with Gasteiger partial charge >= 0.3 is 23.9 Å². The molecule has 0 radical (unpaired) electrons. The molecule has 1 rings (SSSR count). The van der Waals surface area contributed by atoms with Crippen molar-refractivity contribution in [3.8, 4) is 0 Å². The molecule has 1 amide bonds. The molecule has 0 bridgehead atoms. The van der Waals surface area contributed by atoms with Gasteiger partial charge in [-0.1, -0.05) is 12.1 Å². The van der Waals surface area contributed by atoms with Crippen LogP contribution in [0.3, 0.4) is 0 Å². The van der Waals surface area contributed by atoms with Gasteiger partial charge in [-0.05, 0) is 17.7 Å². The van der Waals surface area contributed by atoms with Crippen molar-refractivity contribution < 1.29 is 35.5 Å². The third kappa shape index (κ3) is 3.95. The van der Waals surface area contributed by atoms with E-state index in [2.05, 4.69) is 5.10 Å². The van der Waals surface area contributed by atoms with Crippen LogP contribution >= 0.6 is 0 Å². The lowest BCUT2D eigenvalue weighted by molar-refractivity contribution is -0.344. The van der Waals surface area contributed by atoms with E-state index in [0.717, 1.165) is 17.3 Å². The molecule has 0 heterocycles. The van der Waals surface area contributed by atoms with Crippen LogP contribution in [0.1, 0.15) is 5.56 Å². The average Bonchev–Trinajstić information content (AvgIpc) is 2.46. The van der Waals surface area contributed by atoms with Gasteiger partial charge in [0.05, 0.1) is 6.21 Å². The lowest BCUT2D eigenvalue weighted by Crippen LogP contribution is -2.58. The molecule has 1 N–H and O–H groups in total. The first kappa shape index (κ1) is 19.7. The van der Waals surface area contributed by atoms with Crippen molar-refractivity contribution in [2.75, 3.05) is 19.0 Å². The molecule has 0 fully saturated rings. The summed E-state index contributed by atoms with van der Waals surface area (Å²) in [6.07, 6.45) is -5.77. The minimum Gasteiger partial charge on any atom is -0.378 e. The molecule has 0 atom stereocenters. The Bertz CT molecular complexity index is 609. The summed E-state index contributed by atoms with van der Waals surface area (Å²) >= 11 is 0. The van der Waals surface area contributed by atoms with Crippen LogP contribution in [-0.4, -0.2) is 44.2 Å². The summed E-state index contributed by atoms with van der Waals surface area (Å²) in [4.78, 5) is 12.7. The Labute approximate surface area is 131 Å². The highest BCUT2D eigenvalue weighted by Crippen LogP contribution is 2.46. The first-order chi connectivity index (χ1) is 10.8. The first-order valence-electron chi connectivity index (χ1n) is 6.24. The fourth-order valence-electron chi connectivity index (χ4n) is 1.41. The SMILES string of the molecule is CN(C)c1ccc(/C=N\NC(=O)C(F)(F)C(F)(F)C(F)(F)F)cc1. The number of anilines is 1. The number of alkyl halides is 7. The van der Waals surface area contributed by atoms with Crippen LogP contribution in [0.4, 0.5) is 36.4 Å². The summed E-state index contributed by atoms with van der Waals surface area (Å²) in [5, 5.41) is 2.96. The smallest absolute Gasteiger partial charge is 0.378 e. The Morgan fingerprint density at radius 1 is 1.04 bits per heavy atom. The van der Waals surface area contributed by atoms with Crippen LogP contribution < -0.4 is 10.3 Å². The lowest BCUT2D eigenvalue weighted by atomic mass is 10.1. The largest absolute Gasteiger partial charge is 0.460 e. The quantitative estimate of drug-likeness (QED) is 0.499. The van der Waals surface area contributed by atoms with Crippen LogP contribution in [0.25, 0.3) is 0 Å². The normalized spacial score (nSPS) is 13.2. The summed E-state index contributed by atoms with van der Waals surface area (Å²) in [6.45, 7) is 0. The molecule has 11 heteroatoms. The highest BCUT2D eigenvalue weighted by molar-refractivity contribution is 5.87. The van der Waals surface area contributed by atoms with E-state index in [1.807, 2.05) is 0 Å². The number of nitrogens with zero attached hydrogens (tertiary/aromatic N) is 2. The number of hydrogen-bond acceptors (Lipinski definition) is 3. The van der Waals surface area contributed by atoms with E-state index in [0.29, 0.717) is 5.56 Å². The molecule has 0 unspecified atom stereocenters. The molecule has 4 nitrogen and oxygen atoms in total. The second kappa shape index (κ2) is 6.65. The summed E-state index contributed by atoms with van der Waals surface area (Å²) < 4.78 is 87.0. The Balaban J connectivity index is 2.81. The van der Waals surface area contributed by atoms with Gasteiger partial charge in [-0.2, -0.15) is 35.8 Å². The van der Waals surface area contributed by atoms with Crippen molar-refractivity contribution in [1.82, 2.24) is 5.43 Å². The van der Waals surface area contributed by atoms with E-state index in [4.69, 9.17) is 0 Å². The van der Waals surface area contributed by atoms with E-state index < -0.39 is 23.9 Å². The third-order valence-corrected chi connectivity index (χ3v) is 2.82. The van der Waals surface area contributed by atoms with Crippen LogP contribution in [0.2, 0.25) is 0 Å². The van der Waals surface area contributed by atoms with Crippen LogP contribution in [0, 0.1) is 0 Å². The van der Waals surface area contributed by atoms with Gasteiger partial charge in [0, 0.05) is 19.8 Å². The van der Waals surface area contributed by atoms with E-state index in [9.17, 15) is 35.5 Å². The fourth-order valence-corrected chi connectivity index (χ4v) is 1.41. The standard InChI is InChI=1S/C13H12F7N3O/c1-23(2)9-5-3-8(4-6-9)7-21-22-10(24)11(14,15)12(16,17)13(18,19)20/h3-7H,1-2H3,(H,22,24)/b21-7-. The van der Waals surface area contributed by atoms with Gasteiger partial charge in [-0.15, -0.1) is 0 Å². The van der Waals surface area contributed by atoms with E-state index in [1.54, 1.807) is 31.1 Å². The predicted molar refractivity (Wildman–Crippen MR) is 72.5 cm³/mol. The maximum absolute atomic E-state index is 13.0. The van der Waals surface area contributed by atoms with Crippen molar-refractivity contribution in [2.45, 2.75) is 18.0 Å². The molecule has 0 aliphatic heterocycles. The minimum absolute atomic E-state index is 0.298. The summed E-state index contributed by atoms with van der Waals surface area (Å²) in [5.41, 5.74) is 2.06. The average molecular weight is 359 g/mol. The minimum atomic E-state index is -6.58. The topological polar surface area (TPSA) is 44.7 Å². The van der Waals surface area contributed by atoms with E-state index >= 15 is 0 Å². The highest BCUT2D eigenvalue weighted by atomic mass is 19.4. The molecule has 0 saturated heterocycles. The molecule has 0 aromatic heterocycles. The van der Waals surface area contributed by atoms with Crippen molar-refractivity contribution >= 4 is 17.8 Å². The number of hydrazone groups is 1. The maximum atomic E-state index is 13.0. The molecule has 0 saturated carbocycles. The monoisotopic (exact) mass is 359 g/mol. The summed E-state index contributed by atoms with van der Waals surface area (Å²) in [5.74, 6) is -15.4. The fraction of sp³-hybridized carbons (Fsp3) is 0.385. The van der Waals surface area contributed by atoms with Gasteiger partial charge in [-0.25, -0.2) is 5.43 Å². The zero-order chi connectivity index (χ0) is 18.8. The number of amides is 1. The van der Waals surface area contributed by atoms with Crippen molar-refractivity contribution in [3.63, 3.8) is 0 Å².